The van der Waals surface area contributed by atoms with Crippen LogP contribution in [0.15, 0.2) is 103 Å². The van der Waals surface area contributed by atoms with Crippen LogP contribution in [-0.4, -0.2) is 26.1 Å². The molecule has 0 unspecified atom stereocenters. The molecular formula is C39H44IrN2Si2-2. The minimum absolute atomic E-state index is 0. The Hall–Kier alpha value is -2.96. The Kier molecular flexibility index (Phi) is 11.5. The molecule has 1 saturated carbocycles. The first-order chi connectivity index (χ1) is 20.6. The molecule has 229 valence electrons. The summed E-state index contributed by atoms with van der Waals surface area (Å²) in [6.07, 6.45) is 9.69. The van der Waals surface area contributed by atoms with Gasteiger partial charge in [-0.05, 0) is 51.6 Å². The number of hydrogen-bond donors (Lipinski definition) is 0. The van der Waals surface area contributed by atoms with E-state index in [0.29, 0.717) is 0 Å². The first-order valence-electron chi connectivity index (χ1n) is 15.6. The Morgan fingerprint density at radius 2 is 1.11 bits per heavy atom. The summed E-state index contributed by atoms with van der Waals surface area (Å²) >= 11 is 0. The van der Waals surface area contributed by atoms with Gasteiger partial charge in [0, 0.05) is 32.5 Å². The predicted molar refractivity (Wildman–Crippen MR) is 190 cm³/mol. The zero-order valence-corrected chi connectivity index (χ0v) is 31.3. The monoisotopic (exact) mass is 789 g/mol. The van der Waals surface area contributed by atoms with E-state index in [-0.39, 0.29) is 20.1 Å². The van der Waals surface area contributed by atoms with Crippen molar-refractivity contribution >= 4 is 26.5 Å². The van der Waals surface area contributed by atoms with Crippen molar-refractivity contribution in [2.24, 2.45) is 0 Å². The maximum absolute atomic E-state index is 4.75. The quantitative estimate of drug-likeness (QED) is 0.127. The Morgan fingerprint density at radius 3 is 1.61 bits per heavy atom. The summed E-state index contributed by atoms with van der Waals surface area (Å²) in [5.41, 5.74) is 8.37. The minimum Gasteiger partial charge on any atom is -0.305 e. The van der Waals surface area contributed by atoms with Gasteiger partial charge in [0.2, 0.25) is 0 Å². The summed E-state index contributed by atoms with van der Waals surface area (Å²) < 4.78 is 0. The number of hydrogen-bond acceptors (Lipinski definition) is 2. The zero-order valence-electron chi connectivity index (χ0n) is 26.9. The van der Waals surface area contributed by atoms with Crippen LogP contribution < -0.4 is 10.4 Å². The fourth-order valence-electron chi connectivity index (χ4n) is 5.98. The number of aromatic nitrogens is 2. The molecule has 2 heterocycles. The smallest absolute Gasteiger partial charge is 0.0803 e. The van der Waals surface area contributed by atoms with E-state index in [1.54, 1.807) is 10.8 Å². The van der Waals surface area contributed by atoms with E-state index in [1.165, 1.54) is 42.0 Å². The van der Waals surface area contributed by atoms with Crippen LogP contribution >= 0.6 is 0 Å². The van der Waals surface area contributed by atoms with Crippen LogP contribution in [0.1, 0.15) is 37.2 Å². The second-order valence-corrected chi connectivity index (χ2v) is 23.7. The number of benzene rings is 3. The molecule has 1 aliphatic rings. The average molecular weight is 789 g/mol. The van der Waals surface area contributed by atoms with E-state index in [1.807, 2.05) is 30.3 Å². The summed E-state index contributed by atoms with van der Waals surface area (Å²) in [6.45, 7) is 14.4. The van der Waals surface area contributed by atoms with Crippen molar-refractivity contribution in [2.45, 2.75) is 70.9 Å². The third-order valence-corrected chi connectivity index (χ3v) is 12.4. The van der Waals surface area contributed by atoms with Crippen LogP contribution in [0.25, 0.3) is 33.6 Å². The summed E-state index contributed by atoms with van der Waals surface area (Å²) in [6, 6.07) is 37.9. The fourth-order valence-corrected chi connectivity index (χ4v) is 9.05. The number of pyridine rings is 2. The van der Waals surface area contributed by atoms with Gasteiger partial charge in [0.05, 0.1) is 16.1 Å². The molecule has 0 spiro atoms. The SMILES string of the molecule is C[Si](C)(C)c1cnc(-c2[c-]cccc2)cc1-c1ccccc1.C[Si](C)(C)c1cnc(-c2[c-]cccc2)cc1C1CCCC1.[Ir]. The maximum Gasteiger partial charge on any atom is 0.0803 e. The van der Waals surface area contributed by atoms with Gasteiger partial charge in [0.1, 0.15) is 0 Å². The Balaban J connectivity index is 0.000000197. The molecule has 2 nitrogen and oxygen atoms in total. The maximum atomic E-state index is 4.75. The minimum atomic E-state index is -1.46. The summed E-state index contributed by atoms with van der Waals surface area (Å²) in [5, 5.41) is 2.95. The van der Waals surface area contributed by atoms with Gasteiger partial charge in [-0.25, -0.2) is 0 Å². The first-order valence-corrected chi connectivity index (χ1v) is 22.6. The molecule has 5 aromatic rings. The van der Waals surface area contributed by atoms with E-state index in [4.69, 9.17) is 9.97 Å². The largest absolute Gasteiger partial charge is 0.305 e. The molecule has 0 saturated heterocycles. The number of rotatable bonds is 6. The molecule has 0 bridgehead atoms. The standard InChI is InChI=1S/C20H20NSi.C19H24NSi.Ir/c1-22(2,3)20-15-21-19(17-12-8-5-9-13-17)14-18(20)16-10-6-4-7-11-16;1-21(2,3)19-14-20-18(16-11-5-4-6-12-16)13-17(19)15-9-7-8-10-15;/h4-12,14-15H,1-3H3;4-6,11,13-15H,7-10H2,1-3H3;/q2*-1;. The van der Waals surface area contributed by atoms with Crippen molar-refractivity contribution < 1.29 is 20.1 Å². The molecule has 0 N–H and O–H groups in total. The molecule has 1 aliphatic carbocycles. The van der Waals surface area contributed by atoms with Crippen LogP contribution in [0.4, 0.5) is 0 Å². The van der Waals surface area contributed by atoms with Crippen LogP contribution in [0.3, 0.4) is 0 Å². The summed E-state index contributed by atoms with van der Waals surface area (Å²) in [5.74, 6) is 0.747. The normalized spacial score (nSPS) is 13.5. The molecule has 6 rings (SSSR count). The third kappa shape index (κ3) is 8.39. The average Bonchev–Trinajstić information content (AvgIpc) is 3.57. The molecule has 0 aliphatic heterocycles. The van der Waals surface area contributed by atoms with Gasteiger partial charge in [-0.2, -0.15) is 0 Å². The topological polar surface area (TPSA) is 25.8 Å². The van der Waals surface area contributed by atoms with Gasteiger partial charge >= 0.3 is 0 Å². The van der Waals surface area contributed by atoms with Crippen LogP contribution in [-0.2, 0) is 20.1 Å². The summed E-state index contributed by atoms with van der Waals surface area (Å²) in [4.78, 5) is 9.46. The van der Waals surface area contributed by atoms with Gasteiger partial charge in [-0.1, -0.05) is 100 Å². The molecular weight excluding hydrogens is 745 g/mol. The molecule has 44 heavy (non-hydrogen) atoms. The van der Waals surface area contributed by atoms with E-state index in [2.05, 4.69) is 124 Å². The van der Waals surface area contributed by atoms with Crippen molar-refractivity contribution in [3.8, 4) is 33.6 Å². The van der Waals surface area contributed by atoms with E-state index in [0.717, 1.165) is 28.4 Å². The van der Waals surface area contributed by atoms with E-state index in [9.17, 15) is 0 Å². The molecule has 0 atom stereocenters. The molecule has 5 heteroatoms. The van der Waals surface area contributed by atoms with Crippen molar-refractivity contribution in [2.75, 3.05) is 0 Å². The molecule has 2 aromatic heterocycles. The van der Waals surface area contributed by atoms with Crippen LogP contribution in [0.2, 0.25) is 39.3 Å². The molecule has 0 amide bonds. The van der Waals surface area contributed by atoms with Gasteiger partial charge < -0.3 is 9.97 Å². The zero-order chi connectivity index (χ0) is 30.5. The predicted octanol–water partition coefficient (Wildman–Crippen LogP) is 9.51. The number of nitrogens with zero attached hydrogens (tertiary/aromatic N) is 2. The summed E-state index contributed by atoms with van der Waals surface area (Å²) in [7, 11) is -2.80. The molecule has 1 fully saturated rings. The van der Waals surface area contributed by atoms with Crippen molar-refractivity contribution in [3.63, 3.8) is 0 Å². The molecule has 3 aromatic carbocycles. The molecule has 1 radical (unpaired) electrons. The van der Waals surface area contributed by atoms with Gasteiger partial charge in [-0.3, -0.25) is 0 Å². The van der Waals surface area contributed by atoms with Crippen LogP contribution in [0, 0.1) is 12.1 Å². The first kappa shape index (κ1) is 33.9. The Bertz CT molecular complexity index is 1620. The van der Waals surface area contributed by atoms with Gasteiger partial charge in [-0.15, -0.1) is 71.8 Å². The van der Waals surface area contributed by atoms with E-state index >= 15 is 0 Å². The van der Waals surface area contributed by atoms with Crippen molar-refractivity contribution in [3.05, 3.63) is 121 Å². The van der Waals surface area contributed by atoms with Gasteiger partial charge in [0.25, 0.3) is 0 Å². The van der Waals surface area contributed by atoms with E-state index < -0.39 is 16.1 Å². The van der Waals surface area contributed by atoms with Gasteiger partial charge in [0.15, 0.2) is 0 Å². The third-order valence-electron chi connectivity index (χ3n) is 8.31. The Morgan fingerprint density at radius 1 is 0.614 bits per heavy atom. The van der Waals surface area contributed by atoms with Crippen molar-refractivity contribution in [1.29, 1.82) is 0 Å². The van der Waals surface area contributed by atoms with Crippen LogP contribution in [0.5, 0.6) is 0 Å². The van der Waals surface area contributed by atoms with Crippen molar-refractivity contribution in [1.82, 2.24) is 9.97 Å². The Labute approximate surface area is 280 Å². The fraction of sp³-hybridized carbons (Fsp3) is 0.282. The second-order valence-electron chi connectivity index (χ2n) is 13.7. The second kappa shape index (κ2) is 14.9.